The van der Waals surface area contributed by atoms with Crippen LogP contribution in [0.5, 0.6) is 0 Å². The second kappa shape index (κ2) is 5.55. The molecule has 1 heterocycles. The second-order valence-electron chi connectivity index (χ2n) is 6.06. The largest absolute Gasteiger partial charge is 0.447 e. The number of cyclic esters (lactones) is 1. The van der Waals surface area contributed by atoms with Crippen LogP contribution in [0.25, 0.3) is 0 Å². The van der Waals surface area contributed by atoms with Crippen molar-refractivity contribution in [2.24, 2.45) is 11.3 Å². The van der Waals surface area contributed by atoms with E-state index in [2.05, 4.69) is 6.58 Å². The highest BCUT2D eigenvalue weighted by molar-refractivity contribution is 5.93. The van der Waals surface area contributed by atoms with Crippen molar-refractivity contribution in [2.45, 2.75) is 46.6 Å². The Morgan fingerprint density at radius 3 is 2.72 bits per heavy atom. The maximum Gasteiger partial charge on any atom is 0.416 e. The van der Waals surface area contributed by atoms with Gasteiger partial charge in [-0.2, -0.15) is 0 Å². The SMILES string of the molecule is C=CC[C@@H](C)CC(=O)N1C(=O)OC[C@@H]1C(C)(C)C. The topological polar surface area (TPSA) is 46.6 Å². The summed E-state index contributed by atoms with van der Waals surface area (Å²) < 4.78 is 5.01. The zero-order chi connectivity index (χ0) is 13.9. The van der Waals surface area contributed by atoms with Gasteiger partial charge in [-0.1, -0.05) is 33.8 Å². The molecular weight excluding hydrogens is 230 g/mol. The van der Waals surface area contributed by atoms with Crippen molar-refractivity contribution < 1.29 is 14.3 Å². The van der Waals surface area contributed by atoms with Crippen molar-refractivity contribution in [3.8, 4) is 0 Å². The fourth-order valence-electron chi connectivity index (χ4n) is 2.10. The molecule has 1 rings (SSSR count). The molecule has 0 spiro atoms. The van der Waals surface area contributed by atoms with Gasteiger partial charge in [0.2, 0.25) is 5.91 Å². The van der Waals surface area contributed by atoms with Gasteiger partial charge in [0.1, 0.15) is 6.61 Å². The molecule has 0 N–H and O–H groups in total. The van der Waals surface area contributed by atoms with Gasteiger partial charge in [0.25, 0.3) is 0 Å². The molecule has 1 aliphatic heterocycles. The Bertz CT molecular complexity index is 343. The highest BCUT2D eigenvalue weighted by Gasteiger charge is 2.44. The number of carbonyl (C=O) groups excluding carboxylic acids is 2. The summed E-state index contributed by atoms with van der Waals surface area (Å²) in [4.78, 5) is 25.2. The van der Waals surface area contributed by atoms with Crippen molar-refractivity contribution in [1.82, 2.24) is 4.90 Å². The molecule has 1 saturated heterocycles. The fraction of sp³-hybridized carbons (Fsp3) is 0.714. The van der Waals surface area contributed by atoms with E-state index in [1.165, 1.54) is 4.90 Å². The number of imide groups is 1. The Morgan fingerprint density at radius 2 is 2.22 bits per heavy atom. The molecule has 2 atom stereocenters. The Balaban J connectivity index is 2.75. The minimum atomic E-state index is -0.509. The first-order valence-electron chi connectivity index (χ1n) is 6.37. The summed E-state index contributed by atoms with van der Waals surface area (Å²) in [6.07, 6.45) is 2.41. The first-order chi connectivity index (χ1) is 8.27. The maximum absolute atomic E-state index is 12.2. The van der Waals surface area contributed by atoms with E-state index in [9.17, 15) is 9.59 Å². The summed E-state index contributed by atoms with van der Waals surface area (Å²) in [6.45, 7) is 12.0. The number of amides is 2. The molecule has 1 aliphatic rings. The van der Waals surface area contributed by atoms with E-state index in [1.54, 1.807) is 6.08 Å². The minimum Gasteiger partial charge on any atom is -0.447 e. The van der Waals surface area contributed by atoms with Gasteiger partial charge in [0.15, 0.2) is 0 Å². The number of ether oxygens (including phenoxy) is 1. The number of hydrogen-bond acceptors (Lipinski definition) is 3. The molecule has 0 saturated carbocycles. The molecule has 18 heavy (non-hydrogen) atoms. The molecule has 0 bridgehead atoms. The van der Waals surface area contributed by atoms with Crippen LogP contribution in [-0.2, 0) is 9.53 Å². The lowest BCUT2D eigenvalue weighted by molar-refractivity contribution is -0.131. The third-order valence-corrected chi connectivity index (χ3v) is 3.23. The van der Waals surface area contributed by atoms with Crippen molar-refractivity contribution in [1.29, 1.82) is 0 Å². The molecule has 0 aromatic carbocycles. The summed E-state index contributed by atoms with van der Waals surface area (Å²) >= 11 is 0. The van der Waals surface area contributed by atoms with E-state index in [4.69, 9.17) is 4.74 Å². The molecule has 1 fully saturated rings. The summed E-state index contributed by atoms with van der Waals surface area (Å²) in [5, 5.41) is 0. The second-order valence-corrected chi connectivity index (χ2v) is 6.06. The van der Waals surface area contributed by atoms with Crippen LogP contribution in [0.2, 0.25) is 0 Å². The van der Waals surface area contributed by atoms with Crippen LogP contribution in [-0.4, -0.2) is 29.5 Å². The quantitative estimate of drug-likeness (QED) is 0.724. The Hall–Kier alpha value is -1.32. The predicted molar refractivity (Wildman–Crippen MR) is 70.0 cm³/mol. The molecule has 0 aliphatic carbocycles. The van der Waals surface area contributed by atoms with Crippen LogP contribution in [0.15, 0.2) is 12.7 Å². The molecule has 0 unspecified atom stereocenters. The average Bonchev–Trinajstić information content (AvgIpc) is 2.59. The third kappa shape index (κ3) is 3.34. The fourth-order valence-corrected chi connectivity index (χ4v) is 2.10. The third-order valence-electron chi connectivity index (χ3n) is 3.23. The van der Waals surface area contributed by atoms with Gasteiger partial charge in [-0.15, -0.1) is 6.58 Å². The van der Waals surface area contributed by atoms with Gasteiger partial charge >= 0.3 is 6.09 Å². The van der Waals surface area contributed by atoms with E-state index in [1.807, 2.05) is 27.7 Å². The zero-order valence-corrected chi connectivity index (χ0v) is 11.7. The van der Waals surface area contributed by atoms with Crippen LogP contribution < -0.4 is 0 Å². The van der Waals surface area contributed by atoms with E-state index in [0.717, 1.165) is 6.42 Å². The maximum atomic E-state index is 12.2. The van der Waals surface area contributed by atoms with Crippen molar-refractivity contribution in [3.63, 3.8) is 0 Å². The number of carbonyl (C=O) groups is 2. The number of nitrogens with zero attached hydrogens (tertiary/aromatic N) is 1. The normalized spacial score (nSPS) is 21.7. The van der Waals surface area contributed by atoms with Gasteiger partial charge < -0.3 is 4.74 Å². The highest BCUT2D eigenvalue weighted by Crippen LogP contribution is 2.30. The number of allylic oxidation sites excluding steroid dienone is 1. The van der Waals surface area contributed by atoms with Gasteiger partial charge in [-0.3, -0.25) is 4.79 Å². The summed E-state index contributed by atoms with van der Waals surface area (Å²) in [7, 11) is 0. The van der Waals surface area contributed by atoms with E-state index in [-0.39, 0.29) is 23.3 Å². The molecule has 4 heteroatoms. The van der Waals surface area contributed by atoms with Crippen molar-refractivity contribution >= 4 is 12.0 Å². The zero-order valence-electron chi connectivity index (χ0n) is 11.7. The number of rotatable bonds is 4. The highest BCUT2D eigenvalue weighted by atomic mass is 16.6. The molecule has 0 aromatic rings. The monoisotopic (exact) mass is 253 g/mol. The molecule has 102 valence electrons. The van der Waals surface area contributed by atoms with E-state index in [0.29, 0.717) is 13.0 Å². The summed E-state index contributed by atoms with van der Waals surface area (Å²) in [5.74, 6) is 0.0517. The molecule has 0 aromatic heterocycles. The lowest BCUT2D eigenvalue weighted by atomic mass is 9.86. The Kier molecular flexibility index (Phi) is 4.54. The lowest BCUT2D eigenvalue weighted by Crippen LogP contribution is -2.46. The van der Waals surface area contributed by atoms with Crippen LogP contribution in [0.3, 0.4) is 0 Å². The molecule has 4 nitrogen and oxygen atoms in total. The smallest absolute Gasteiger partial charge is 0.416 e. The first kappa shape index (κ1) is 14.7. The average molecular weight is 253 g/mol. The van der Waals surface area contributed by atoms with Crippen molar-refractivity contribution in [3.05, 3.63) is 12.7 Å². The standard InChI is InChI=1S/C14H23NO3/c1-6-7-10(2)8-12(16)15-11(14(3,4)5)9-18-13(15)17/h6,10-11H,1,7-9H2,2-5H3/t10-,11-/m1/s1. The summed E-state index contributed by atoms with van der Waals surface area (Å²) in [6, 6.07) is -0.173. The van der Waals surface area contributed by atoms with Gasteiger partial charge in [0, 0.05) is 6.42 Å². The summed E-state index contributed by atoms with van der Waals surface area (Å²) in [5.41, 5.74) is -0.163. The van der Waals surface area contributed by atoms with Crippen LogP contribution in [0, 0.1) is 11.3 Å². The van der Waals surface area contributed by atoms with Crippen LogP contribution in [0.1, 0.15) is 40.5 Å². The Labute approximate surface area is 109 Å². The predicted octanol–water partition coefficient (Wildman–Crippen LogP) is 2.98. The Morgan fingerprint density at radius 1 is 1.61 bits per heavy atom. The molecular formula is C14H23NO3. The van der Waals surface area contributed by atoms with Crippen molar-refractivity contribution in [2.75, 3.05) is 6.61 Å². The van der Waals surface area contributed by atoms with Crippen LogP contribution in [0.4, 0.5) is 4.79 Å². The van der Waals surface area contributed by atoms with E-state index >= 15 is 0 Å². The van der Waals surface area contributed by atoms with Gasteiger partial charge in [-0.25, -0.2) is 9.69 Å². The minimum absolute atomic E-state index is 0.147. The lowest BCUT2D eigenvalue weighted by Gasteiger charge is -2.31. The van der Waals surface area contributed by atoms with Crippen LogP contribution >= 0.6 is 0 Å². The van der Waals surface area contributed by atoms with E-state index < -0.39 is 6.09 Å². The van der Waals surface area contributed by atoms with Gasteiger partial charge in [-0.05, 0) is 17.8 Å². The van der Waals surface area contributed by atoms with Gasteiger partial charge in [0.05, 0.1) is 6.04 Å². The molecule has 2 amide bonds. The number of hydrogen-bond donors (Lipinski definition) is 0. The molecule has 0 radical (unpaired) electrons. The first-order valence-corrected chi connectivity index (χ1v) is 6.37.